The molecule has 0 fully saturated rings. The fourth-order valence-electron chi connectivity index (χ4n) is 1.44. The number of nitrogens with zero attached hydrogens (tertiary/aromatic N) is 1. The summed E-state index contributed by atoms with van der Waals surface area (Å²) in [5, 5.41) is 18.1. The van der Waals surface area contributed by atoms with Crippen molar-refractivity contribution in [2.24, 2.45) is 0 Å². The van der Waals surface area contributed by atoms with Crippen molar-refractivity contribution in [3.05, 3.63) is 64.4 Å². The van der Waals surface area contributed by atoms with E-state index in [-0.39, 0.29) is 0 Å². The molecule has 2 rings (SSSR count). The molecule has 0 spiro atoms. The molecule has 22 heavy (non-hydrogen) atoms. The maximum Gasteiger partial charge on any atom is 0.414 e. The second kappa shape index (κ2) is 9.64. The lowest BCUT2D eigenvalue weighted by Crippen LogP contribution is -2.13. The lowest BCUT2D eigenvalue weighted by atomic mass is 10.2. The lowest BCUT2D eigenvalue weighted by Gasteiger charge is -2.04. The lowest BCUT2D eigenvalue weighted by molar-refractivity contribution is -0.159. The smallest absolute Gasteiger partial charge is 0.414 e. The van der Waals surface area contributed by atoms with Gasteiger partial charge in [-0.05, 0) is 29.8 Å². The van der Waals surface area contributed by atoms with Crippen LogP contribution in [-0.2, 0) is 22.7 Å². The van der Waals surface area contributed by atoms with Crippen molar-refractivity contribution in [2.75, 3.05) is 0 Å². The molecule has 1 aromatic heterocycles. The van der Waals surface area contributed by atoms with Crippen LogP contribution in [0.1, 0.15) is 11.3 Å². The van der Waals surface area contributed by atoms with Gasteiger partial charge in [-0.1, -0.05) is 34.1 Å². The van der Waals surface area contributed by atoms with Crippen LogP contribution in [0.5, 0.6) is 0 Å². The first-order valence-corrected chi connectivity index (χ1v) is 7.09. The normalized spacial score (nSPS) is 9.50. The van der Waals surface area contributed by atoms with E-state index in [0.29, 0.717) is 0 Å². The number of pyridine rings is 1. The van der Waals surface area contributed by atoms with Crippen LogP contribution in [0.3, 0.4) is 0 Å². The van der Waals surface area contributed by atoms with E-state index in [1.165, 1.54) is 5.56 Å². The number of rotatable bonds is 4. The standard InChI is InChI=1S/C13H13BrN2.C2H2O4/c14-12-6-4-11(5-7-12)9-15-10-13-3-1-2-8-16-13;3-1(4)2(5)6/h1-8,15H,9-10H2;(H,3,4)(H,5,6). The number of halogens is 1. The van der Waals surface area contributed by atoms with Gasteiger partial charge in [0.1, 0.15) is 0 Å². The zero-order valence-electron chi connectivity index (χ0n) is 11.6. The molecular formula is C15H15BrN2O4. The third-order valence-electron chi connectivity index (χ3n) is 2.46. The monoisotopic (exact) mass is 366 g/mol. The van der Waals surface area contributed by atoms with Crippen LogP contribution >= 0.6 is 15.9 Å². The van der Waals surface area contributed by atoms with E-state index < -0.39 is 11.9 Å². The summed E-state index contributed by atoms with van der Waals surface area (Å²) in [5.74, 6) is -3.65. The Morgan fingerprint density at radius 3 is 2.14 bits per heavy atom. The maximum absolute atomic E-state index is 9.10. The Bertz CT molecular complexity index is 591. The molecule has 0 bridgehead atoms. The van der Waals surface area contributed by atoms with Gasteiger partial charge in [-0.15, -0.1) is 0 Å². The molecule has 0 aliphatic rings. The van der Waals surface area contributed by atoms with Gasteiger partial charge in [0.05, 0.1) is 5.69 Å². The summed E-state index contributed by atoms with van der Waals surface area (Å²) in [5.41, 5.74) is 2.35. The van der Waals surface area contributed by atoms with Gasteiger partial charge in [-0.25, -0.2) is 9.59 Å². The van der Waals surface area contributed by atoms with Gasteiger partial charge >= 0.3 is 11.9 Å². The summed E-state index contributed by atoms with van der Waals surface area (Å²) in [7, 11) is 0. The Labute approximate surface area is 136 Å². The Morgan fingerprint density at radius 1 is 1.00 bits per heavy atom. The minimum Gasteiger partial charge on any atom is -0.473 e. The van der Waals surface area contributed by atoms with Gasteiger partial charge in [0.15, 0.2) is 0 Å². The van der Waals surface area contributed by atoms with Crippen molar-refractivity contribution in [3.8, 4) is 0 Å². The second-order valence-electron chi connectivity index (χ2n) is 4.16. The number of aliphatic carboxylic acids is 2. The first kappa shape index (κ1) is 17.8. The molecule has 0 radical (unpaired) electrons. The molecule has 0 atom stereocenters. The highest BCUT2D eigenvalue weighted by Crippen LogP contribution is 2.10. The number of carboxylic acids is 2. The number of carbonyl (C=O) groups is 2. The summed E-state index contributed by atoms with van der Waals surface area (Å²) >= 11 is 3.42. The first-order valence-electron chi connectivity index (χ1n) is 6.30. The van der Waals surface area contributed by atoms with Crippen LogP contribution in [0.4, 0.5) is 0 Å². The predicted molar refractivity (Wildman–Crippen MR) is 84.2 cm³/mol. The molecule has 1 heterocycles. The third kappa shape index (κ3) is 7.51. The maximum atomic E-state index is 9.10. The van der Waals surface area contributed by atoms with E-state index in [2.05, 4.69) is 50.5 Å². The molecule has 7 heteroatoms. The van der Waals surface area contributed by atoms with Gasteiger partial charge in [-0.2, -0.15) is 0 Å². The topological polar surface area (TPSA) is 99.5 Å². The van der Waals surface area contributed by atoms with Crippen molar-refractivity contribution >= 4 is 27.9 Å². The Hall–Kier alpha value is -2.25. The average Bonchev–Trinajstić information content (AvgIpc) is 2.51. The second-order valence-corrected chi connectivity index (χ2v) is 5.08. The molecule has 116 valence electrons. The number of hydrogen-bond donors (Lipinski definition) is 3. The summed E-state index contributed by atoms with van der Waals surface area (Å²) in [6.45, 7) is 1.67. The highest BCUT2D eigenvalue weighted by Gasteiger charge is 2.04. The van der Waals surface area contributed by atoms with Crippen molar-refractivity contribution < 1.29 is 19.8 Å². The largest absolute Gasteiger partial charge is 0.473 e. The fourth-order valence-corrected chi connectivity index (χ4v) is 1.70. The first-order chi connectivity index (χ1) is 10.5. The molecule has 0 amide bonds. The number of aromatic nitrogens is 1. The average molecular weight is 367 g/mol. The van der Waals surface area contributed by atoms with Crippen LogP contribution < -0.4 is 5.32 Å². The molecule has 0 unspecified atom stereocenters. The van der Waals surface area contributed by atoms with E-state index in [0.717, 1.165) is 23.3 Å². The van der Waals surface area contributed by atoms with Gasteiger partial charge < -0.3 is 15.5 Å². The quantitative estimate of drug-likeness (QED) is 0.717. The molecular weight excluding hydrogens is 352 g/mol. The van der Waals surface area contributed by atoms with Gasteiger partial charge in [0, 0.05) is 23.8 Å². The molecule has 0 saturated carbocycles. The highest BCUT2D eigenvalue weighted by molar-refractivity contribution is 9.10. The minimum absolute atomic E-state index is 0.802. The number of carboxylic acid groups (broad SMARTS) is 2. The summed E-state index contributed by atoms with van der Waals surface area (Å²) in [6.07, 6.45) is 1.82. The molecule has 3 N–H and O–H groups in total. The van der Waals surface area contributed by atoms with E-state index in [1.807, 2.05) is 24.4 Å². The van der Waals surface area contributed by atoms with Crippen molar-refractivity contribution in [3.63, 3.8) is 0 Å². The van der Waals surface area contributed by atoms with Gasteiger partial charge in [-0.3, -0.25) is 4.98 Å². The summed E-state index contributed by atoms with van der Waals surface area (Å²) < 4.78 is 1.11. The summed E-state index contributed by atoms with van der Waals surface area (Å²) in [6, 6.07) is 14.3. The van der Waals surface area contributed by atoms with Gasteiger partial charge in [0.25, 0.3) is 0 Å². The zero-order chi connectivity index (χ0) is 16.4. The molecule has 0 saturated heterocycles. The molecule has 2 aromatic rings. The number of hydrogen-bond acceptors (Lipinski definition) is 4. The van der Waals surface area contributed by atoms with Crippen molar-refractivity contribution in [1.82, 2.24) is 10.3 Å². The Balaban J connectivity index is 0.000000346. The number of benzene rings is 1. The van der Waals surface area contributed by atoms with Crippen molar-refractivity contribution in [1.29, 1.82) is 0 Å². The van der Waals surface area contributed by atoms with Crippen LogP contribution in [-0.4, -0.2) is 27.1 Å². The molecule has 6 nitrogen and oxygen atoms in total. The van der Waals surface area contributed by atoms with E-state index in [9.17, 15) is 0 Å². The van der Waals surface area contributed by atoms with E-state index in [1.54, 1.807) is 0 Å². The molecule has 0 aliphatic carbocycles. The fraction of sp³-hybridized carbons (Fsp3) is 0.133. The van der Waals surface area contributed by atoms with E-state index >= 15 is 0 Å². The Morgan fingerprint density at radius 2 is 1.64 bits per heavy atom. The number of nitrogens with one attached hydrogen (secondary N) is 1. The minimum atomic E-state index is -1.82. The predicted octanol–water partition coefficient (Wildman–Crippen LogP) is 2.29. The van der Waals surface area contributed by atoms with Crippen LogP contribution in [0.25, 0.3) is 0 Å². The third-order valence-corrected chi connectivity index (χ3v) is 2.99. The summed E-state index contributed by atoms with van der Waals surface area (Å²) in [4.78, 5) is 22.5. The molecule has 1 aromatic carbocycles. The van der Waals surface area contributed by atoms with Crippen molar-refractivity contribution in [2.45, 2.75) is 13.1 Å². The van der Waals surface area contributed by atoms with Crippen LogP contribution in [0, 0.1) is 0 Å². The van der Waals surface area contributed by atoms with Gasteiger partial charge in [0.2, 0.25) is 0 Å². The zero-order valence-corrected chi connectivity index (χ0v) is 13.2. The van der Waals surface area contributed by atoms with E-state index in [4.69, 9.17) is 19.8 Å². The molecule has 0 aliphatic heterocycles. The highest BCUT2D eigenvalue weighted by atomic mass is 79.9. The Kier molecular flexibility index (Phi) is 7.80. The van der Waals surface area contributed by atoms with Crippen LogP contribution in [0.2, 0.25) is 0 Å². The SMILES string of the molecule is Brc1ccc(CNCc2ccccn2)cc1.O=C(O)C(=O)O. The van der Waals surface area contributed by atoms with Crippen LogP contribution in [0.15, 0.2) is 53.1 Å².